The Labute approximate surface area is 188 Å². The summed E-state index contributed by atoms with van der Waals surface area (Å²) >= 11 is 6.33. The van der Waals surface area contributed by atoms with Crippen LogP contribution in [0.2, 0.25) is 5.02 Å². The number of benzene rings is 2. The summed E-state index contributed by atoms with van der Waals surface area (Å²) in [5.74, 6) is 0.564. The number of hydrogen-bond donors (Lipinski definition) is 2. The van der Waals surface area contributed by atoms with Crippen LogP contribution in [0.3, 0.4) is 0 Å². The third-order valence-electron chi connectivity index (χ3n) is 5.41. The van der Waals surface area contributed by atoms with E-state index in [9.17, 15) is 9.59 Å². The number of hydrogen-bond acceptors (Lipinski definition) is 4. The van der Waals surface area contributed by atoms with Gasteiger partial charge in [-0.15, -0.1) is 0 Å². The average molecular weight is 445 g/mol. The van der Waals surface area contributed by atoms with E-state index in [1.54, 1.807) is 39.4 Å². The Balaban J connectivity index is 1.69. The summed E-state index contributed by atoms with van der Waals surface area (Å²) in [6.45, 7) is 2.49. The predicted molar refractivity (Wildman–Crippen MR) is 123 cm³/mol. The molecule has 2 aromatic carbocycles. The molecule has 1 fully saturated rings. The van der Waals surface area contributed by atoms with E-state index in [0.717, 1.165) is 37.2 Å². The van der Waals surface area contributed by atoms with Crippen LogP contribution in [-0.4, -0.2) is 62.6 Å². The third kappa shape index (κ3) is 5.89. The fourth-order valence-corrected chi connectivity index (χ4v) is 3.90. The molecule has 8 heteroatoms. The highest BCUT2D eigenvalue weighted by Crippen LogP contribution is 2.27. The van der Waals surface area contributed by atoms with Crippen molar-refractivity contribution in [1.29, 1.82) is 0 Å². The van der Waals surface area contributed by atoms with Gasteiger partial charge >= 0.3 is 6.03 Å². The zero-order valence-corrected chi connectivity index (χ0v) is 18.9. The molecule has 1 aliphatic rings. The normalized spacial score (nSPS) is 14.7. The largest absolute Gasteiger partial charge is 0.497 e. The van der Waals surface area contributed by atoms with Crippen LogP contribution >= 0.6 is 11.6 Å². The Morgan fingerprint density at radius 1 is 1.13 bits per heavy atom. The Kier molecular flexibility index (Phi) is 7.76. The van der Waals surface area contributed by atoms with Crippen molar-refractivity contribution in [3.05, 3.63) is 58.6 Å². The van der Waals surface area contributed by atoms with Crippen LogP contribution in [0.4, 0.5) is 10.5 Å². The number of ether oxygens (including phenoxy) is 1. The first-order valence-corrected chi connectivity index (χ1v) is 10.7. The molecule has 0 radical (unpaired) electrons. The van der Waals surface area contributed by atoms with Crippen LogP contribution in [0.25, 0.3) is 0 Å². The second-order valence-corrected chi connectivity index (χ2v) is 8.17. The van der Waals surface area contributed by atoms with E-state index in [4.69, 9.17) is 16.3 Å². The maximum atomic E-state index is 12.8. The topological polar surface area (TPSA) is 73.9 Å². The van der Waals surface area contributed by atoms with Gasteiger partial charge in [-0.05, 0) is 61.8 Å². The zero-order valence-electron chi connectivity index (χ0n) is 18.2. The minimum Gasteiger partial charge on any atom is -0.497 e. The lowest BCUT2D eigenvalue weighted by molar-refractivity contribution is 0.0938. The van der Waals surface area contributed by atoms with Gasteiger partial charge < -0.3 is 20.3 Å². The first-order valence-electron chi connectivity index (χ1n) is 10.3. The maximum Gasteiger partial charge on any atom is 0.321 e. The number of amides is 3. The molecule has 1 heterocycles. The molecule has 1 saturated heterocycles. The van der Waals surface area contributed by atoms with Gasteiger partial charge in [0.15, 0.2) is 0 Å². The van der Waals surface area contributed by atoms with Gasteiger partial charge in [-0.2, -0.15) is 0 Å². The van der Waals surface area contributed by atoms with Gasteiger partial charge in [0.25, 0.3) is 5.91 Å². The number of anilines is 1. The van der Waals surface area contributed by atoms with Crippen molar-refractivity contribution in [2.45, 2.75) is 18.9 Å². The van der Waals surface area contributed by atoms with E-state index in [1.807, 2.05) is 24.3 Å². The lowest BCUT2D eigenvalue weighted by atomic mass is 10.0. The monoisotopic (exact) mass is 444 g/mol. The van der Waals surface area contributed by atoms with Gasteiger partial charge in [0, 0.05) is 26.3 Å². The number of carbonyl (C=O) groups is 2. The van der Waals surface area contributed by atoms with Crippen molar-refractivity contribution < 1.29 is 14.3 Å². The highest BCUT2D eigenvalue weighted by molar-refractivity contribution is 6.34. The summed E-state index contributed by atoms with van der Waals surface area (Å²) in [6.07, 6.45) is 2.32. The predicted octanol–water partition coefficient (Wildman–Crippen LogP) is 4.01. The summed E-state index contributed by atoms with van der Waals surface area (Å²) in [4.78, 5) is 28.4. The Morgan fingerprint density at radius 2 is 1.81 bits per heavy atom. The number of urea groups is 1. The highest BCUT2D eigenvalue weighted by Gasteiger charge is 2.24. The molecule has 0 aliphatic carbocycles. The number of nitrogens with one attached hydrogen (secondary N) is 2. The molecule has 166 valence electrons. The second-order valence-electron chi connectivity index (χ2n) is 7.76. The SMILES string of the molecule is COc1ccc(C(CNC(=O)c2ccc(NC(=O)N(C)C)cc2Cl)N2CCCC2)cc1. The number of carbonyl (C=O) groups excluding carboxylic acids is 2. The number of likely N-dealkylation sites (tertiary alicyclic amines) is 1. The standard InChI is InChI=1S/C23H29ClN4O3/c1-27(2)23(30)26-17-8-11-19(20(24)14-17)22(29)25-15-21(28-12-4-5-13-28)16-6-9-18(31-3)10-7-16/h6-11,14,21H,4-5,12-13,15H2,1-3H3,(H,25,29)(H,26,30). The van der Waals surface area contributed by atoms with Crippen LogP contribution in [0.5, 0.6) is 5.75 Å². The van der Waals surface area contributed by atoms with Crippen LogP contribution in [0.1, 0.15) is 34.8 Å². The molecule has 7 nitrogen and oxygen atoms in total. The zero-order chi connectivity index (χ0) is 22.4. The van der Waals surface area contributed by atoms with Crippen molar-refractivity contribution in [2.24, 2.45) is 0 Å². The van der Waals surface area contributed by atoms with E-state index < -0.39 is 0 Å². The van der Waals surface area contributed by atoms with Crippen molar-refractivity contribution >= 4 is 29.2 Å². The molecule has 1 aliphatic heterocycles. The van der Waals surface area contributed by atoms with Crippen LogP contribution < -0.4 is 15.4 Å². The second kappa shape index (κ2) is 10.5. The summed E-state index contributed by atoms with van der Waals surface area (Å²) in [5.41, 5.74) is 2.05. The molecule has 0 aromatic heterocycles. The molecule has 3 rings (SSSR count). The lowest BCUT2D eigenvalue weighted by Crippen LogP contribution is -2.36. The van der Waals surface area contributed by atoms with E-state index in [-0.39, 0.29) is 23.0 Å². The molecule has 1 atom stereocenters. The van der Waals surface area contributed by atoms with Crippen molar-refractivity contribution in [3.8, 4) is 5.75 Å². The van der Waals surface area contributed by atoms with Crippen LogP contribution in [0, 0.1) is 0 Å². The summed E-state index contributed by atoms with van der Waals surface area (Å²) < 4.78 is 5.26. The van der Waals surface area contributed by atoms with Crippen molar-refractivity contribution in [2.75, 3.05) is 46.2 Å². The number of methoxy groups -OCH3 is 1. The minimum absolute atomic E-state index is 0.0785. The smallest absolute Gasteiger partial charge is 0.321 e. The first kappa shape index (κ1) is 22.9. The molecule has 2 N–H and O–H groups in total. The first-order chi connectivity index (χ1) is 14.9. The molecule has 3 amide bonds. The molecular weight excluding hydrogens is 416 g/mol. The lowest BCUT2D eigenvalue weighted by Gasteiger charge is -2.28. The van der Waals surface area contributed by atoms with Crippen LogP contribution in [0.15, 0.2) is 42.5 Å². The minimum atomic E-state index is -0.263. The maximum absolute atomic E-state index is 12.8. The van der Waals surface area contributed by atoms with Gasteiger partial charge in [0.05, 0.1) is 23.7 Å². The van der Waals surface area contributed by atoms with Crippen molar-refractivity contribution in [1.82, 2.24) is 15.1 Å². The molecule has 31 heavy (non-hydrogen) atoms. The quantitative estimate of drug-likeness (QED) is 0.676. The van der Waals surface area contributed by atoms with E-state index in [2.05, 4.69) is 15.5 Å². The Morgan fingerprint density at radius 3 is 2.39 bits per heavy atom. The van der Waals surface area contributed by atoms with Gasteiger partial charge in [-0.3, -0.25) is 9.69 Å². The van der Waals surface area contributed by atoms with Crippen molar-refractivity contribution in [3.63, 3.8) is 0 Å². The average Bonchev–Trinajstić information content (AvgIpc) is 3.28. The number of rotatable bonds is 7. The van der Waals surface area contributed by atoms with Gasteiger partial charge in [-0.25, -0.2) is 4.79 Å². The molecule has 0 spiro atoms. The number of halogens is 1. The molecular formula is C23H29ClN4O3. The Bertz CT molecular complexity index is 912. The van der Waals surface area contributed by atoms with E-state index in [1.165, 1.54) is 4.90 Å². The summed E-state index contributed by atoms with van der Waals surface area (Å²) in [5, 5.41) is 6.04. The number of nitrogens with zero attached hydrogens (tertiary/aromatic N) is 2. The van der Waals surface area contributed by atoms with E-state index in [0.29, 0.717) is 17.8 Å². The van der Waals surface area contributed by atoms with Gasteiger partial charge in [0.1, 0.15) is 5.75 Å². The molecule has 1 unspecified atom stereocenters. The van der Waals surface area contributed by atoms with Crippen LogP contribution in [-0.2, 0) is 0 Å². The fourth-order valence-electron chi connectivity index (χ4n) is 3.63. The summed E-state index contributed by atoms with van der Waals surface area (Å²) in [7, 11) is 4.95. The molecule has 0 bridgehead atoms. The van der Waals surface area contributed by atoms with E-state index >= 15 is 0 Å². The van der Waals surface area contributed by atoms with Gasteiger partial charge in [-0.1, -0.05) is 23.7 Å². The van der Waals surface area contributed by atoms with Gasteiger partial charge in [0.2, 0.25) is 0 Å². The third-order valence-corrected chi connectivity index (χ3v) is 5.72. The highest BCUT2D eigenvalue weighted by atomic mass is 35.5. The summed E-state index contributed by atoms with van der Waals surface area (Å²) in [6, 6.07) is 12.7. The Hall–Kier alpha value is -2.77. The fraction of sp³-hybridized carbons (Fsp3) is 0.391. The molecule has 0 saturated carbocycles. The molecule has 2 aromatic rings.